The number of hydrogen-bond donors (Lipinski definition) is 3. The molecule has 0 aliphatic carbocycles. The van der Waals surface area contributed by atoms with Gasteiger partial charge < -0.3 is 29.9 Å². The van der Waals surface area contributed by atoms with Crippen molar-refractivity contribution in [2.45, 2.75) is 92.1 Å². The minimum absolute atomic E-state index is 0.159. The predicted octanol–water partition coefficient (Wildman–Crippen LogP) is 14.9. The fourth-order valence-corrected chi connectivity index (χ4v) is 18.5. The summed E-state index contributed by atoms with van der Waals surface area (Å²) < 4.78 is 16.7. The van der Waals surface area contributed by atoms with Crippen LogP contribution in [-0.4, -0.2) is 149 Å². The van der Waals surface area contributed by atoms with Crippen LogP contribution in [0.2, 0.25) is 14.8 Å². The number of ether oxygens (including phenoxy) is 2. The Morgan fingerprint density at radius 2 is 0.743 bits per heavy atom. The number of aliphatic imine (C=N–C) groups is 1. The first kappa shape index (κ1) is 71.3. The first-order valence-electron chi connectivity index (χ1n) is 36.5. The molecule has 0 saturated carbocycles. The Hall–Kier alpha value is -10.7. The van der Waals surface area contributed by atoms with Crippen LogP contribution in [-0.2, 0) is 27.1 Å². The summed E-state index contributed by atoms with van der Waals surface area (Å²) >= 11 is -2.71. The van der Waals surface area contributed by atoms with E-state index in [-0.39, 0.29) is 12.1 Å². The average Bonchev–Trinajstić information content (AvgIpc) is 1.58. The minimum atomic E-state index is -2.71. The third-order valence-corrected chi connectivity index (χ3v) is 24.1. The van der Waals surface area contributed by atoms with Crippen LogP contribution in [0.5, 0.6) is 0 Å². The molecule has 0 amide bonds. The van der Waals surface area contributed by atoms with Crippen molar-refractivity contribution in [3.63, 3.8) is 0 Å². The summed E-state index contributed by atoms with van der Waals surface area (Å²) in [5.41, 5.74) is 11.1. The summed E-state index contributed by atoms with van der Waals surface area (Å²) in [6.07, 6.45) is 9.22. The third kappa shape index (κ3) is 14.6. The zero-order valence-corrected chi connectivity index (χ0v) is 64.1. The molecule has 0 unspecified atom stereocenters. The van der Waals surface area contributed by atoms with Crippen LogP contribution in [0.1, 0.15) is 91.9 Å². The fraction of sp³-hybridized carbons (Fsp3) is 0.271. The van der Waals surface area contributed by atoms with Gasteiger partial charge in [-0.15, -0.1) is 0 Å². The van der Waals surface area contributed by atoms with E-state index in [9.17, 15) is 0 Å². The Kier molecular flexibility index (Phi) is 21.5. The van der Waals surface area contributed by atoms with Crippen LogP contribution in [0.4, 0.5) is 29.1 Å². The van der Waals surface area contributed by atoms with Crippen molar-refractivity contribution in [3.8, 4) is 11.5 Å². The molecule has 10 heterocycles. The molecular formula is C85H91N17O2Sn. The molecule has 2 fully saturated rings. The molecule has 3 aliphatic heterocycles. The molecule has 20 heteroatoms. The Bertz CT molecular complexity index is 4890. The minimum Gasteiger partial charge on any atom is -0.378 e. The molecule has 105 heavy (non-hydrogen) atoms. The molecule has 3 aliphatic rings. The normalized spacial score (nSPS) is 14.0. The van der Waals surface area contributed by atoms with Crippen LogP contribution in [0.25, 0.3) is 33.3 Å². The Morgan fingerprint density at radius 3 is 1.16 bits per heavy atom. The molecular weight excluding hydrogens is 1410 g/mol. The second-order valence-corrected chi connectivity index (χ2v) is 42.6. The largest absolute Gasteiger partial charge is 0.378 e. The van der Waals surface area contributed by atoms with Gasteiger partial charge in [0.15, 0.2) is 11.6 Å². The van der Waals surface area contributed by atoms with Gasteiger partial charge in [-0.1, -0.05) is 91.0 Å². The molecule has 0 spiro atoms. The number of hydrogen-bond acceptors (Lipinski definition) is 17. The molecule has 16 rings (SSSR count). The standard InChI is InChI=1S/C36H35N7O.C28H25N4.C18H22N6O.3CH3.Sn/c1-26(2)39-34-32-30(18-20-37-34)43(41-33(32)35-38-21-19-31(40-35)42-22-24-44-25-23-42)36(27-12-6-3-7-13-27,28-14-8-4-9-15-28)29-16-10-5-11-17-29;1-21(2)31-27-25-20-30-32(26(25)18-19-29-27)28(22-12-6-3-7-13-22,23-14-8-4-9-15-23)24-16-10-5-11-17-24;1-12(2)22-17-15-13(3-5-19-17)11-21-16(15)18-20-6-4-14(23-18)24-7-9-25-10-8-24;;;;/h3-21,26H,22-25H2,1-2H3,(H,37,39);3-19,21H,1-2H3,(H,29,31);3-6,12H,7-11H2,1-2H3,(H,19,22);3*1H3;. The van der Waals surface area contributed by atoms with Gasteiger partial charge in [0.25, 0.3) is 0 Å². The van der Waals surface area contributed by atoms with E-state index in [4.69, 9.17) is 49.6 Å². The van der Waals surface area contributed by atoms with Gasteiger partial charge in [0.2, 0.25) is 0 Å². The van der Waals surface area contributed by atoms with E-state index in [1.165, 1.54) is 25.8 Å². The van der Waals surface area contributed by atoms with Crippen LogP contribution >= 0.6 is 0 Å². The maximum atomic E-state index is 5.60. The number of aromatic nitrogens is 11. The number of anilines is 5. The van der Waals surface area contributed by atoms with Crippen molar-refractivity contribution in [2.24, 2.45) is 4.99 Å². The van der Waals surface area contributed by atoms with Gasteiger partial charge >= 0.3 is 219 Å². The van der Waals surface area contributed by atoms with Crippen LogP contribution < -0.4 is 29.5 Å². The Labute approximate surface area is 619 Å². The topological polar surface area (TPSA) is 199 Å². The zero-order valence-electron chi connectivity index (χ0n) is 61.3. The number of fused-ring (bicyclic) bond motifs is 3. The van der Waals surface area contributed by atoms with Crippen LogP contribution in [0.3, 0.4) is 0 Å². The summed E-state index contributed by atoms with van der Waals surface area (Å²) in [6, 6.07) is 74.9. The van der Waals surface area contributed by atoms with Gasteiger partial charge in [-0.25, -0.2) is 34.6 Å². The molecule has 19 nitrogen and oxygen atoms in total. The smallest absolute Gasteiger partial charge is 0.182 e. The number of nitrogens with one attached hydrogen (secondary N) is 3. The van der Waals surface area contributed by atoms with E-state index < -0.39 is 29.5 Å². The Morgan fingerprint density at radius 1 is 0.390 bits per heavy atom. The molecule has 0 radical (unpaired) electrons. The molecule has 3 N–H and O–H groups in total. The van der Waals surface area contributed by atoms with E-state index in [2.05, 4.69) is 290 Å². The fourth-order valence-electron chi connectivity index (χ4n) is 14.5. The van der Waals surface area contributed by atoms with Gasteiger partial charge in [0.05, 0.1) is 49.4 Å². The maximum absolute atomic E-state index is 5.60. The number of morpholine rings is 2. The Balaban J connectivity index is 0.000000138. The third-order valence-electron chi connectivity index (χ3n) is 19.0. The van der Waals surface area contributed by atoms with Gasteiger partial charge in [0.1, 0.15) is 40.2 Å². The monoisotopic (exact) mass is 1500 g/mol. The van der Waals surface area contributed by atoms with E-state index in [1.54, 1.807) is 6.20 Å². The van der Waals surface area contributed by atoms with Crippen molar-refractivity contribution in [1.82, 2.24) is 54.4 Å². The molecule has 7 aromatic heterocycles. The number of nitrogens with zero attached hydrogens (tertiary/aromatic N) is 14. The summed E-state index contributed by atoms with van der Waals surface area (Å²) in [7, 11) is 0. The zero-order chi connectivity index (χ0) is 72.5. The summed E-state index contributed by atoms with van der Waals surface area (Å²) in [5, 5.41) is 23.7. The van der Waals surface area contributed by atoms with Crippen molar-refractivity contribution in [2.75, 3.05) is 78.4 Å². The van der Waals surface area contributed by atoms with E-state index >= 15 is 0 Å². The summed E-state index contributed by atoms with van der Waals surface area (Å²) in [6.45, 7) is 19.5. The van der Waals surface area contributed by atoms with Gasteiger partial charge in [-0.05, 0) is 74.2 Å². The van der Waals surface area contributed by atoms with E-state index in [0.29, 0.717) is 43.1 Å². The molecule has 532 valence electrons. The predicted molar refractivity (Wildman–Crippen MR) is 426 cm³/mol. The second-order valence-electron chi connectivity index (χ2n) is 28.4. The molecule has 0 atom stereocenters. The van der Waals surface area contributed by atoms with Gasteiger partial charge in [-0.3, -0.25) is 4.99 Å². The van der Waals surface area contributed by atoms with Crippen LogP contribution in [0.15, 0.2) is 248 Å². The molecule has 6 aromatic carbocycles. The van der Waals surface area contributed by atoms with Crippen LogP contribution in [0, 0.1) is 0 Å². The number of pyridine rings is 3. The first-order valence-corrected chi connectivity index (χ1v) is 46.4. The van der Waals surface area contributed by atoms with E-state index in [1.807, 2.05) is 49.1 Å². The maximum Gasteiger partial charge on any atom is 0.182 e. The number of rotatable bonds is 19. The summed E-state index contributed by atoms with van der Waals surface area (Å²) in [5.74, 6) is 5.53. The van der Waals surface area contributed by atoms with Crippen molar-refractivity contribution in [1.29, 1.82) is 0 Å². The number of benzene rings is 6. The second kappa shape index (κ2) is 31.7. The molecule has 0 bridgehead atoms. The molecule has 13 aromatic rings. The van der Waals surface area contributed by atoms with Crippen molar-refractivity contribution < 1.29 is 9.47 Å². The quantitative estimate of drug-likeness (QED) is 0.0510. The SMILES string of the molecule is CC(C)Nc1nccc2c1C(c1nccc(N3CCOCC3)n1)=NC2.CC(C)Nc1nccc2c1[c]([Sn]([CH3])([CH3])[CH3])nn2C(c1ccccc1)(c1ccccc1)c1ccccc1.CC(C)Nc1nccc2c1c(-c1nccc(N3CCOCC3)n1)nn2C(c1ccccc1)(c1ccccc1)c1ccccc1. The van der Waals surface area contributed by atoms with E-state index in [0.717, 1.165) is 118 Å². The first-order chi connectivity index (χ1) is 51.2. The van der Waals surface area contributed by atoms with Gasteiger partial charge in [-0.2, -0.15) is 5.10 Å². The average molecular weight is 1500 g/mol. The summed E-state index contributed by atoms with van der Waals surface area (Å²) in [4.78, 5) is 49.7. The molecule has 2 saturated heterocycles. The van der Waals surface area contributed by atoms with Crippen molar-refractivity contribution in [3.05, 3.63) is 294 Å². The van der Waals surface area contributed by atoms with Crippen molar-refractivity contribution >= 4 is 78.7 Å². The van der Waals surface area contributed by atoms with Gasteiger partial charge in [0, 0.05) is 63.1 Å².